The van der Waals surface area contributed by atoms with Gasteiger partial charge >= 0.3 is 18.2 Å². The molecule has 14 heteroatoms. The summed E-state index contributed by atoms with van der Waals surface area (Å²) in [6.07, 6.45) is -0.753. The van der Waals surface area contributed by atoms with E-state index < -0.39 is 47.9 Å². The molecular weight excluding hydrogens is 635 g/mol. The molecule has 0 aliphatic heterocycles. The highest BCUT2D eigenvalue weighted by atomic mass is 32.1. The Morgan fingerprint density at radius 2 is 1.72 bits per heavy atom. The SMILES string of the molecule is N#Cc1cc2sc(NC(=O)N(Cc3ccc(C(=O)NC[C@@H](O)C(=O)O)cc3)c3ccc(C4CCCCC4)cc3)nc2cc1C(F)(F)F. The molecule has 1 fully saturated rings. The Morgan fingerprint density at radius 3 is 2.34 bits per heavy atom. The zero-order valence-electron chi connectivity index (χ0n) is 24.9. The Bertz CT molecular complexity index is 1810. The van der Waals surface area contributed by atoms with Crippen LogP contribution in [0.4, 0.5) is 28.8 Å². The number of nitrogens with zero attached hydrogens (tertiary/aromatic N) is 3. The number of benzene rings is 3. The minimum atomic E-state index is -4.75. The third-order valence-corrected chi connectivity index (χ3v) is 8.93. The van der Waals surface area contributed by atoms with Gasteiger partial charge in [-0.3, -0.25) is 15.0 Å². The van der Waals surface area contributed by atoms with Crippen LogP contribution in [-0.4, -0.2) is 45.8 Å². The lowest BCUT2D eigenvalue weighted by molar-refractivity contribution is -0.146. The van der Waals surface area contributed by atoms with Crippen molar-refractivity contribution >= 4 is 50.3 Å². The van der Waals surface area contributed by atoms with Crippen molar-refractivity contribution in [3.8, 4) is 6.07 Å². The summed E-state index contributed by atoms with van der Waals surface area (Å²) in [5.74, 6) is -1.61. The van der Waals surface area contributed by atoms with Crippen LogP contribution in [0.25, 0.3) is 10.2 Å². The number of carboxylic acid groups (broad SMARTS) is 1. The molecule has 1 aromatic heterocycles. The van der Waals surface area contributed by atoms with E-state index in [1.54, 1.807) is 18.2 Å². The minimum Gasteiger partial charge on any atom is -0.479 e. The molecule has 244 valence electrons. The van der Waals surface area contributed by atoms with Gasteiger partial charge in [-0.05, 0) is 66.3 Å². The van der Waals surface area contributed by atoms with Gasteiger partial charge in [-0.2, -0.15) is 18.4 Å². The fourth-order valence-electron chi connectivity index (χ4n) is 5.48. The number of fused-ring (bicyclic) bond motifs is 1. The fraction of sp³-hybridized carbons (Fsp3) is 0.303. The van der Waals surface area contributed by atoms with Gasteiger partial charge < -0.3 is 15.5 Å². The monoisotopic (exact) mass is 665 g/mol. The Balaban J connectivity index is 1.39. The van der Waals surface area contributed by atoms with Gasteiger partial charge in [-0.1, -0.05) is 54.9 Å². The number of aliphatic carboxylic acids is 1. The van der Waals surface area contributed by atoms with Crippen molar-refractivity contribution in [1.82, 2.24) is 10.3 Å². The van der Waals surface area contributed by atoms with Gasteiger partial charge in [0.15, 0.2) is 11.2 Å². The molecule has 0 bridgehead atoms. The number of carbonyl (C=O) groups excluding carboxylic acids is 2. The summed E-state index contributed by atoms with van der Waals surface area (Å²) in [6.45, 7) is -0.419. The standard InChI is InChI=1S/C33H30F3N5O5S/c34-33(35,36)25-15-26-28(14-23(25)16-37)47-31(39-26)40-32(46)41(24-12-10-21(11-13-24)20-4-2-1-3-5-20)18-19-6-8-22(9-7-19)29(43)38-17-27(42)30(44)45/h6-15,20,27,42H,1-5,17-18H2,(H,38,43)(H,44,45)(H,39,40,46)/t27-/m1/s1. The summed E-state index contributed by atoms with van der Waals surface area (Å²) in [7, 11) is 0. The molecule has 10 nitrogen and oxygen atoms in total. The highest BCUT2D eigenvalue weighted by Crippen LogP contribution is 2.37. The molecule has 1 aliphatic rings. The van der Waals surface area contributed by atoms with Crippen LogP contribution in [0.15, 0.2) is 60.7 Å². The number of hydrogen-bond donors (Lipinski definition) is 4. The number of rotatable bonds is 9. The molecule has 0 radical (unpaired) electrons. The summed E-state index contributed by atoms with van der Waals surface area (Å²) in [5, 5.41) is 32.5. The third kappa shape index (κ3) is 8.05. The van der Waals surface area contributed by atoms with E-state index in [0.29, 0.717) is 21.9 Å². The largest absolute Gasteiger partial charge is 0.479 e. The number of aliphatic hydroxyl groups excluding tert-OH is 1. The van der Waals surface area contributed by atoms with Gasteiger partial charge in [0.1, 0.15) is 0 Å². The molecular formula is C33H30F3N5O5S. The number of urea groups is 1. The predicted octanol–water partition coefficient (Wildman–Crippen LogP) is 6.65. The molecule has 3 amide bonds. The quantitative estimate of drug-likeness (QED) is 0.156. The molecule has 1 heterocycles. The average molecular weight is 666 g/mol. The second-order valence-electron chi connectivity index (χ2n) is 11.2. The highest BCUT2D eigenvalue weighted by molar-refractivity contribution is 7.22. The topological polar surface area (TPSA) is 156 Å². The van der Waals surface area contributed by atoms with E-state index in [2.05, 4.69) is 15.6 Å². The van der Waals surface area contributed by atoms with Crippen LogP contribution in [0.3, 0.4) is 0 Å². The van der Waals surface area contributed by atoms with E-state index in [1.807, 2.05) is 24.3 Å². The first-order valence-electron chi connectivity index (χ1n) is 14.8. The van der Waals surface area contributed by atoms with Crippen LogP contribution in [0.1, 0.15) is 70.6 Å². The molecule has 47 heavy (non-hydrogen) atoms. The lowest BCUT2D eigenvalue weighted by Crippen LogP contribution is -2.36. The summed E-state index contributed by atoms with van der Waals surface area (Å²) >= 11 is 0.941. The maximum absolute atomic E-state index is 13.7. The molecule has 0 spiro atoms. The van der Waals surface area contributed by atoms with Crippen LogP contribution in [0, 0.1) is 11.3 Å². The summed E-state index contributed by atoms with van der Waals surface area (Å²) in [6, 6.07) is 16.8. The fourth-order valence-corrected chi connectivity index (χ4v) is 6.36. The van der Waals surface area contributed by atoms with E-state index in [1.165, 1.54) is 29.0 Å². The number of amides is 3. The molecule has 1 saturated carbocycles. The van der Waals surface area contributed by atoms with Crippen LogP contribution < -0.4 is 15.5 Å². The predicted molar refractivity (Wildman–Crippen MR) is 169 cm³/mol. The second kappa shape index (κ2) is 14.2. The molecule has 1 atom stereocenters. The number of carbonyl (C=O) groups is 3. The first-order valence-corrected chi connectivity index (χ1v) is 15.6. The van der Waals surface area contributed by atoms with Crippen molar-refractivity contribution in [3.63, 3.8) is 0 Å². The number of hydrogen-bond acceptors (Lipinski definition) is 7. The number of nitrogens with one attached hydrogen (secondary N) is 2. The van der Waals surface area contributed by atoms with E-state index in [0.717, 1.165) is 49.2 Å². The van der Waals surface area contributed by atoms with Crippen molar-refractivity contribution < 1.29 is 37.8 Å². The number of aromatic nitrogens is 1. The first-order chi connectivity index (χ1) is 22.4. The van der Waals surface area contributed by atoms with Gasteiger partial charge in [0, 0.05) is 11.3 Å². The van der Waals surface area contributed by atoms with Gasteiger partial charge in [-0.15, -0.1) is 0 Å². The summed E-state index contributed by atoms with van der Waals surface area (Å²) in [4.78, 5) is 42.6. The maximum atomic E-state index is 13.7. The van der Waals surface area contributed by atoms with Crippen molar-refractivity contribution in [1.29, 1.82) is 5.26 Å². The molecule has 0 saturated heterocycles. The van der Waals surface area contributed by atoms with Crippen LogP contribution in [-0.2, 0) is 17.5 Å². The lowest BCUT2D eigenvalue weighted by Gasteiger charge is -2.25. The van der Waals surface area contributed by atoms with E-state index in [-0.39, 0.29) is 22.8 Å². The molecule has 1 aliphatic carbocycles. The Kier molecular flexibility index (Phi) is 10.1. The maximum Gasteiger partial charge on any atom is 0.417 e. The van der Waals surface area contributed by atoms with Gasteiger partial charge in [-0.25, -0.2) is 14.6 Å². The number of halogens is 3. The van der Waals surface area contributed by atoms with Crippen LogP contribution in [0.5, 0.6) is 0 Å². The number of anilines is 2. The molecule has 3 aromatic carbocycles. The number of alkyl halides is 3. The van der Waals surface area contributed by atoms with E-state index >= 15 is 0 Å². The number of thiazole rings is 1. The average Bonchev–Trinajstić information content (AvgIpc) is 3.46. The van der Waals surface area contributed by atoms with E-state index in [4.69, 9.17) is 5.11 Å². The van der Waals surface area contributed by atoms with Crippen LogP contribution >= 0.6 is 11.3 Å². The van der Waals surface area contributed by atoms with Crippen molar-refractivity contribution in [3.05, 3.63) is 88.5 Å². The highest BCUT2D eigenvalue weighted by Gasteiger charge is 2.34. The molecule has 5 rings (SSSR count). The number of carboxylic acids is 1. The summed E-state index contributed by atoms with van der Waals surface area (Å²) in [5.41, 5.74) is 0.924. The lowest BCUT2D eigenvalue weighted by atomic mass is 9.84. The van der Waals surface area contributed by atoms with Gasteiger partial charge in [0.25, 0.3) is 5.91 Å². The smallest absolute Gasteiger partial charge is 0.417 e. The van der Waals surface area contributed by atoms with Crippen molar-refractivity contribution in [2.24, 2.45) is 0 Å². The zero-order valence-corrected chi connectivity index (χ0v) is 25.7. The number of aliphatic hydroxyl groups is 1. The van der Waals surface area contributed by atoms with Gasteiger partial charge in [0.05, 0.1) is 40.5 Å². The van der Waals surface area contributed by atoms with Crippen molar-refractivity contribution in [2.45, 2.75) is 56.8 Å². The number of nitriles is 1. The van der Waals surface area contributed by atoms with Crippen molar-refractivity contribution in [2.75, 3.05) is 16.8 Å². The van der Waals surface area contributed by atoms with E-state index in [9.17, 15) is 37.9 Å². The Morgan fingerprint density at radius 1 is 1.04 bits per heavy atom. The molecule has 0 unspecified atom stereocenters. The third-order valence-electron chi connectivity index (χ3n) is 7.99. The van der Waals surface area contributed by atoms with Gasteiger partial charge in [0.2, 0.25) is 0 Å². The minimum absolute atomic E-state index is 0.00949. The molecule has 4 aromatic rings. The Labute approximate surface area is 271 Å². The summed E-state index contributed by atoms with van der Waals surface area (Å²) < 4.78 is 40.8. The Hall–Kier alpha value is -5.00. The zero-order chi connectivity index (χ0) is 33.7. The van der Waals surface area contributed by atoms with Crippen LogP contribution in [0.2, 0.25) is 0 Å². The molecule has 4 N–H and O–H groups in total. The second-order valence-corrected chi connectivity index (χ2v) is 12.2. The first kappa shape index (κ1) is 33.4. The normalized spacial score (nSPS) is 14.3.